The van der Waals surface area contributed by atoms with Crippen LogP contribution < -0.4 is 22.5 Å². The molecule has 0 spiro atoms. The standard InChI is InChI=1S/C9H11NO2.C5H9NO2.C5H11NO2.C3H7NO2/c10-8(9(11)12)6-7-4-2-1-3-5-7;7-5(8)4-2-1-3-6-4;1-3(2)4(6)5(7)8;1-2(4)3(5)6/h1-5,8H,6,10H2,(H,11,12);4,6H,1-3H2,(H,7,8);3-4H,6H2,1-2H3,(H,7,8);2H,4H2,1H3,(H,5,6). The molecule has 34 heavy (non-hydrogen) atoms. The molecule has 0 aliphatic carbocycles. The number of hydrogen-bond donors (Lipinski definition) is 8. The van der Waals surface area contributed by atoms with Gasteiger partial charge in [0.15, 0.2) is 0 Å². The summed E-state index contributed by atoms with van der Waals surface area (Å²) in [6.07, 6.45) is 2.17. The van der Waals surface area contributed by atoms with Crippen LogP contribution >= 0.6 is 0 Å². The maximum atomic E-state index is 10.4. The van der Waals surface area contributed by atoms with Crippen LogP contribution in [0, 0.1) is 5.92 Å². The predicted octanol–water partition coefficient (Wildman–Crippen LogP) is -0.0635. The zero-order valence-electron chi connectivity index (χ0n) is 19.8. The second-order valence-corrected chi connectivity index (χ2v) is 7.86. The van der Waals surface area contributed by atoms with Gasteiger partial charge in [-0.3, -0.25) is 19.2 Å². The maximum Gasteiger partial charge on any atom is 0.320 e. The van der Waals surface area contributed by atoms with Crippen LogP contribution in [0.5, 0.6) is 0 Å². The average Bonchev–Trinajstić information content (AvgIpc) is 3.30. The van der Waals surface area contributed by atoms with Gasteiger partial charge in [0.1, 0.15) is 24.2 Å². The Balaban J connectivity index is 0. The molecular formula is C22H38N4O8. The highest BCUT2D eigenvalue weighted by molar-refractivity contribution is 5.74. The molecule has 1 aromatic rings. The molecule has 4 unspecified atom stereocenters. The summed E-state index contributed by atoms with van der Waals surface area (Å²) < 4.78 is 0. The van der Waals surface area contributed by atoms with E-state index in [4.69, 9.17) is 37.6 Å². The van der Waals surface area contributed by atoms with Crippen molar-refractivity contribution in [1.82, 2.24) is 5.32 Å². The van der Waals surface area contributed by atoms with Crippen molar-refractivity contribution >= 4 is 23.9 Å². The molecule has 0 radical (unpaired) electrons. The molecule has 1 fully saturated rings. The van der Waals surface area contributed by atoms with Crippen molar-refractivity contribution in [1.29, 1.82) is 0 Å². The summed E-state index contributed by atoms with van der Waals surface area (Å²) in [5, 5.41) is 35.8. The molecule has 1 aromatic carbocycles. The van der Waals surface area contributed by atoms with Crippen molar-refractivity contribution < 1.29 is 39.6 Å². The molecule has 0 bridgehead atoms. The van der Waals surface area contributed by atoms with Crippen molar-refractivity contribution in [2.75, 3.05) is 6.54 Å². The summed E-state index contributed by atoms with van der Waals surface area (Å²) >= 11 is 0. The van der Waals surface area contributed by atoms with Crippen molar-refractivity contribution in [3.63, 3.8) is 0 Å². The van der Waals surface area contributed by atoms with Crippen molar-refractivity contribution in [3.8, 4) is 0 Å². The van der Waals surface area contributed by atoms with Gasteiger partial charge in [-0.05, 0) is 44.2 Å². The normalized spacial score (nSPS) is 16.7. The topological polar surface area (TPSA) is 239 Å². The highest BCUT2D eigenvalue weighted by Crippen LogP contribution is 2.03. The molecule has 1 aliphatic rings. The zero-order valence-corrected chi connectivity index (χ0v) is 19.8. The van der Waals surface area contributed by atoms with E-state index in [0.717, 1.165) is 24.9 Å². The number of rotatable bonds is 7. The minimum atomic E-state index is -0.963. The van der Waals surface area contributed by atoms with Gasteiger partial charge >= 0.3 is 23.9 Å². The van der Waals surface area contributed by atoms with Crippen molar-refractivity contribution in [2.45, 2.75) is 64.2 Å². The molecule has 0 saturated carbocycles. The molecule has 1 aliphatic heterocycles. The van der Waals surface area contributed by atoms with E-state index in [2.05, 4.69) is 5.32 Å². The smallest absolute Gasteiger partial charge is 0.320 e. The number of aliphatic carboxylic acids is 4. The molecule has 12 nitrogen and oxygen atoms in total. The second-order valence-electron chi connectivity index (χ2n) is 7.86. The van der Waals surface area contributed by atoms with E-state index in [1.54, 1.807) is 13.8 Å². The van der Waals surface area contributed by atoms with Gasteiger partial charge < -0.3 is 42.9 Å². The molecule has 1 heterocycles. The van der Waals surface area contributed by atoms with Gasteiger partial charge in [0, 0.05) is 0 Å². The third kappa shape index (κ3) is 17.5. The lowest BCUT2D eigenvalue weighted by molar-refractivity contribution is -0.140. The minimum absolute atomic E-state index is 0.0208. The van der Waals surface area contributed by atoms with E-state index in [-0.39, 0.29) is 12.0 Å². The van der Waals surface area contributed by atoms with Gasteiger partial charge in [-0.1, -0.05) is 44.2 Å². The first-order chi connectivity index (χ1) is 15.7. The summed E-state index contributed by atoms with van der Waals surface area (Å²) in [5.74, 6) is -3.55. The number of hydrogen-bond acceptors (Lipinski definition) is 8. The summed E-state index contributed by atoms with van der Waals surface area (Å²) in [7, 11) is 0. The fraction of sp³-hybridized carbons (Fsp3) is 0.545. The second kappa shape index (κ2) is 18.4. The van der Waals surface area contributed by atoms with Gasteiger partial charge in [-0.2, -0.15) is 0 Å². The number of carboxylic acids is 4. The van der Waals surface area contributed by atoms with Crippen LogP contribution in [0.1, 0.15) is 39.2 Å². The van der Waals surface area contributed by atoms with E-state index in [1.165, 1.54) is 6.92 Å². The Morgan fingerprint density at radius 3 is 1.65 bits per heavy atom. The molecule has 0 amide bonds. The maximum absolute atomic E-state index is 10.4. The third-order valence-electron chi connectivity index (χ3n) is 4.37. The van der Waals surface area contributed by atoms with Crippen LogP contribution in [-0.4, -0.2) is 75.0 Å². The van der Waals surface area contributed by atoms with Gasteiger partial charge in [0.25, 0.3) is 0 Å². The van der Waals surface area contributed by atoms with Crippen LogP contribution in [-0.2, 0) is 25.6 Å². The monoisotopic (exact) mass is 486 g/mol. The molecule has 0 aromatic heterocycles. The summed E-state index contributed by atoms with van der Waals surface area (Å²) in [5.41, 5.74) is 16.3. The summed E-state index contributed by atoms with van der Waals surface area (Å²) in [6, 6.07) is 6.83. The summed E-state index contributed by atoms with van der Waals surface area (Å²) in [4.78, 5) is 40.1. The molecule has 2 rings (SSSR count). The molecule has 1 saturated heterocycles. The molecule has 194 valence electrons. The van der Waals surface area contributed by atoms with Crippen LogP contribution in [0.4, 0.5) is 0 Å². The molecule has 11 N–H and O–H groups in total. The fourth-order valence-electron chi connectivity index (χ4n) is 2.14. The first kappa shape index (κ1) is 33.1. The lowest BCUT2D eigenvalue weighted by Gasteiger charge is -2.07. The van der Waals surface area contributed by atoms with Crippen LogP contribution in [0.3, 0.4) is 0 Å². The Kier molecular flexibility index (Phi) is 17.9. The van der Waals surface area contributed by atoms with E-state index >= 15 is 0 Å². The Morgan fingerprint density at radius 1 is 0.912 bits per heavy atom. The van der Waals surface area contributed by atoms with Crippen LogP contribution in [0.15, 0.2) is 30.3 Å². The van der Waals surface area contributed by atoms with Crippen LogP contribution in [0.2, 0.25) is 0 Å². The lowest BCUT2D eigenvalue weighted by atomic mass is 10.1. The molecule has 4 atom stereocenters. The Hall–Kier alpha value is -3.06. The Morgan fingerprint density at radius 2 is 1.41 bits per heavy atom. The lowest BCUT2D eigenvalue weighted by Crippen LogP contribution is -2.34. The highest BCUT2D eigenvalue weighted by Gasteiger charge is 2.20. The van der Waals surface area contributed by atoms with Gasteiger partial charge in [0.2, 0.25) is 0 Å². The first-order valence-corrected chi connectivity index (χ1v) is 10.7. The fourth-order valence-corrected chi connectivity index (χ4v) is 2.14. The highest BCUT2D eigenvalue weighted by atomic mass is 16.4. The largest absolute Gasteiger partial charge is 0.480 e. The van der Waals surface area contributed by atoms with Crippen molar-refractivity contribution in [3.05, 3.63) is 35.9 Å². The van der Waals surface area contributed by atoms with E-state index < -0.39 is 42.0 Å². The van der Waals surface area contributed by atoms with Crippen molar-refractivity contribution in [2.24, 2.45) is 23.1 Å². The number of benzene rings is 1. The quantitative estimate of drug-likeness (QED) is 0.253. The van der Waals surface area contributed by atoms with Gasteiger partial charge in [-0.15, -0.1) is 0 Å². The number of nitrogens with one attached hydrogen (secondary N) is 1. The van der Waals surface area contributed by atoms with E-state index in [9.17, 15) is 19.2 Å². The zero-order chi connectivity index (χ0) is 26.8. The summed E-state index contributed by atoms with van der Waals surface area (Å²) in [6.45, 7) is 5.83. The molecular weight excluding hydrogens is 448 g/mol. The van der Waals surface area contributed by atoms with Gasteiger partial charge in [0.05, 0.1) is 0 Å². The minimum Gasteiger partial charge on any atom is -0.480 e. The van der Waals surface area contributed by atoms with Crippen LogP contribution in [0.25, 0.3) is 0 Å². The number of carbonyl (C=O) groups is 4. The average molecular weight is 487 g/mol. The molecule has 12 heteroatoms. The predicted molar refractivity (Wildman–Crippen MR) is 126 cm³/mol. The SMILES string of the molecule is CC(C)C(N)C(=O)O.CC(N)C(=O)O.NC(Cc1ccccc1)C(=O)O.O=C(O)C1CCCN1. The van der Waals surface area contributed by atoms with Gasteiger partial charge in [-0.25, -0.2) is 0 Å². The Bertz CT molecular complexity index is 726. The third-order valence-corrected chi connectivity index (χ3v) is 4.37. The van der Waals surface area contributed by atoms with E-state index in [0.29, 0.717) is 6.42 Å². The first-order valence-electron chi connectivity index (χ1n) is 10.7. The number of nitrogens with two attached hydrogens (primary N) is 3. The number of carboxylic acid groups (broad SMARTS) is 4. The van der Waals surface area contributed by atoms with E-state index in [1.807, 2.05) is 30.3 Å². The Labute approximate surface area is 199 Å².